The molecule has 0 saturated carbocycles. The largest absolute Gasteiger partial charge is 0.485 e. The molecule has 466 valence electrons. The number of nitrogens with zero attached hydrogens (tertiary/aromatic N) is 2. The SMILES string of the molecule is CC.Cc1ccc(-c2ccc(C)s2)s1.Cc1ccc(C)c2ccccc12.Cc1ccc(C)n1C.Cc1ccc(C)o1.Cc1ccc(C)s1.Cc1ccc(C=Cc2ccc(C)s2)s1.Cc1cccc(C)n1.Cc1ccccc1.Cc1sc(C)c2c1OCCO2. The third-order valence-electron chi connectivity index (χ3n) is 13.1. The summed E-state index contributed by atoms with van der Waals surface area (Å²) in [4.78, 5) is 20.4. The average molecular weight is 1290 g/mol. The summed E-state index contributed by atoms with van der Waals surface area (Å²) < 4.78 is 18.2. The van der Waals surface area contributed by atoms with Crippen LogP contribution >= 0.6 is 68.0 Å². The number of aromatic nitrogens is 2. The molecule has 0 unspecified atom stereocenters. The van der Waals surface area contributed by atoms with Gasteiger partial charge in [0.15, 0.2) is 11.5 Å². The molecule has 10 heterocycles. The molecule has 0 saturated heterocycles. The highest BCUT2D eigenvalue weighted by Crippen LogP contribution is 2.42. The Morgan fingerprint density at radius 3 is 1.01 bits per heavy atom. The predicted octanol–water partition coefficient (Wildman–Crippen LogP) is 24.9. The highest BCUT2D eigenvalue weighted by atomic mass is 32.1. The average Bonchev–Trinajstić information content (AvgIpc) is 4.64. The fourth-order valence-corrected chi connectivity index (χ4v) is 13.4. The molecule has 12 aromatic rings. The lowest BCUT2D eigenvalue weighted by Gasteiger charge is -2.15. The normalized spacial score (nSPS) is 10.5. The molecule has 13 rings (SSSR count). The second-order valence-electron chi connectivity index (χ2n) is 20.9. The summed E-state index contributed by atoms with van der Waals surface area (Å²) in [6, 6.07) is 59.0. The number of rotatable bonds is 3. The van der Waals surface area contributed by atoms with Gasteiger partial charge in [-0.1, -0.05) is 92.2 Å². The van der Waals surface area contributed by atoms with Crippen LogP contribution in [0.5, 0.6) is 11.5 Å². The fraction of sp³-hybridized carbons (Fsp3) is 0.286. The zero-order valence-corrected chi connectivity index (χ0v) is 60.7. The molecule has 0 atom stereocenters. The summed E-state index contributed by atoms with van der Waals surface area (Å²) in [6.07, 6.45) is 4.37. The zero-order chi connectivity index (χ0) is 64.7. The van der Waals surface area contributed by atoms with Crippen LogP contribution in [-0.2, 0) is 7.05 Å². The minimum absolute atomic E-state index is 0.685. The van der Waals surface area contributed by atoms with Crippen molar-refractivity contribution in [2.24, 2.45) is 7.05 Å². The molecule has 0 N–H and O–H groups in total. The summed E-state index contributed by atoms with van der Waals surface area (Å²) in [7, 11) is 2.07. The van der Waals surface area contributed by atoms with Crippen LogP contribution in [0.3, 0.4) is 0 Å². The highest BCUT2D eigenvalue weighted by molar-refractivity contribution is 7.22. The van der Waals surface area contributed by atoms with E-state index >= 15 is 0 Å². The van der Waals surface area contributed by atoms with Gasteiger partial charge in [-0.15, -0.1) is 68.0 Å². The monoisotopic (exact) mass is 1290 g/mol. The third kappa shape index (κ3) is 26.9. The van der Waals surface area contributed by atoms with Crippen molar-refractivity contribution in [1.82, 2.24) is 9.55 Å². The topological polar surface area (TPSA) is 49.4 Å². The Hall–Kier alpha value is -6.83. The van der Waals surface area contributed by atoms with Crippen LogP contribution in [-0.4, -0.2) is 22.8 Å². The van der Waals surface area contributed by atoms with Gasteiger partial charge in [-0.25, -0.2) is 0 Å². The van der Waals surface area contributed by atoms with Gasteiger partial charge in [-0.3, -0.25) is 4.98 Å². The first kappa shape index (κ1) is 73.6. The Balaban J connectivity index is 0.000000213. The number of pyridine rings is 1. The molecule has 0 spiro atoms. The number of benzene rings is 3. The van der Waals surface area contributed by atoms with Gasteiger partial charge in [-0.05, 0) is 249 Å². The van der Waals surface area contributed by atoms with Crippen molar-refractivity contribution < 1.29 is 13.9 Å². The fourth-order valence-electron chi connectivity index (χ4n) is 8.32. The lowest BCUT2D eigenvalue weighted by Crippen LogP contribution is -2.14. The number of thiophene rings is 6. The lowest BCUT2D eigenvalue weighted by atomic mass is 10.0. The van der Waals surface area contributed by atoms with Crippen molar-refractivity contribution in [2.75, 3.05) is 13.2 Å². The summed E-state index contributed by atoms with van der Waals surface area (Å²) in [6.45, 7) is 40.8. The van der Waals surface area contributed by atoms with Crippen LogP contribution < -0.4 is 9.47 Å². The first-order valence-corrected chi connectivity index (χ1v) is 34.8. The molecular weight excluding hydrogens is 1190 g/mol. The maximum atomic E-state index is 5.46. The lowest BCUT2D eigenvalue weighted by molar-refractivity contribution is 0.171. The minimum atomic E-state index is 0.685. The smallest absolute Gasteiger partial charge is 0.175 e. The van der Waals surface area contributed by atoms with E-state index in [9.17, 15) is 0 Å². The van der Waals surface area contributed by atoms with E-state index in [-0.39, 0.29) is 0 Å². The van der Waals surface area contributed by atoms with Gasteiger partial charge in [0.05, 0.1) is 0 Å². The van der Waals surface area contributed by atoms with E-state index in [1.165, 1.54) is 97.4 Å². The number of hydrogen-bond donors (Lipinski definition) is 0. The van der Waals surface area contributed by atoms with Gasteiger partial charge in [0.25, 0.3) is 0 Å². The van der Waals surface area contributed by atoms with E-state index in [4.69, 9.17) is 13.9 Å². The summed E-state index contributed by atoms with van der Waals surface area (Å²) in [5.41, 5.74) is 8.86. The van der Waals surface area contributed by atoms with Crippen LogP contribution in [0.1, 0.15) is 114 Å². The molecule has 5 nitrogen and oxygen atoms in total. The summed E-state index contributed by atoms with van der Waals surface area (Å²) in [5.74, 6) is 3.88. The highest BCUT2D eigenvalue weighted by Gasteiger charge is 2.19. The third-order valence-corrected chi connectivity index (χ3v) is 19.1. The first-order chi connectivity index (χ1) is 42.0. The van der Waals surface area contributed by atoms with Crippen molar-refractivity contribution in [3.05, 3.63) is 270 Å². The zero-order valence-electron chi connectivity index (χ0n) is 55.8. The molecule has 3 aromatic carbocycles. The molecule has 0 fully saturated rings. The molecule has 0 radical (unpaired) electrons. The molecule has 0 amide bonds. The first-order valence-electron chi connectivity index (χ1n) is 29.9. The van der Waals surface area contributed by atoms with E-state index in [2.05, 4.69) is 240 Å². The number of hydrogen-bond acceptors (Lipinski definition) is 10. The van der Waals surface area contributed by atoms with E-state index in [0.29, 0.717) is 13.2 Å². The van der Waals surface area contributed by atoms with Crippen LogP contribution in [0, 0.1) is 118 Å². The van der Waals surface area contributed by atoms with Crippen LogP contribution in [0.25, 0.3) is 32.7 Å². The Bertz CT molecular complexity index is 3650. The number of ether oxygens (including phenoxy) is 2. The standard InChI is InChI=1S/C12H12S2.C12H12.C10H10S2.C8H10O2S.C7H11N.C7H9N.C7H8.C6H8O.C6H8S.C2H6/c1-9-3-5-11(13-9)7-8-12-6-4-10(2)14-12;1-9-7-8-10(2)12-6-4-3-5-11(9)12;1-7-3-5-9(11-7)10-6-4-8(2)12-10;1-5-7-8(6(2)11-5)10-4-3-9-7;1-6-4-5-7(2)8(6)3;1-6-4-3-5-7(2)8-6;1-7-5-3-2-4-6-7;2*1-5-3-4-6(2)7-5;1-2/h3-8H,1-2H3;3-8H,1-2H3;3-6H,1-2H3;3-4H2,1-2H3;4-5H,1-3H3;3-5H,1-2H3;2-6H,1H3;2*3-4H,1-2H3;1-2H3. The molecule has 11 heteroatoms. The minimum Gasteiger partial charge on any atom is -0.485 e. The maximum Gasteiger partial charge on any atom is 0.175 e. The molecule has 88 heavy (non-hydrogen) atoms. The molecule has 0 aliphatic carbocycles. The van der Waals surface area contributed by atoms with Crippen LogP contribution in [0.15, 0.2) is 174 Å². The summed E-state index contributed by atoms with van der Waals surface area (Å²) >= 11 is 11.0. The van der Waals surface area contributed by atoms with Gasteiger partial charge < -0.3 is 18.5 Å². The quantitative estimate of drug-likeness (QED) is 0.177. The van der Waals surface area contributed by atoms with E-state index in [0.717, 1.165) is 34.4 Å². The predicted molar refractivity (Wildman–Crippen MR) is 395 cm³/mol. The molecule has 0 bridgehead atoms. The number of fused-ring (bicyclic) bond motifs is 2. The molecule has 9 aromatic heterocycles. The van der Waals surface area contributed by atoms with Gasteiger partial charge in [0.2, 0.25) is 0 Å². The summed E-state index contributed by atoms with van der Waals surface area (Å²) in [5, 5.41) is 2.75. The van der Waals surface area contributed by atoms with Crippen molar-refractivity contribution in [2.45, 2.75) is 132 Å². The van der Waals surface area contributed by atoms with Crippen molar-refractivity contribution in [3.63, 3.8) is 0 Å². The van der Waals surface area contributed by atoms with Crippen molar-refractivity contribution in [3.8, 4) is 21.3 Å². The molecule has 1 aliphatic heterocycles. The number of aryl methyl sites for hydroxylation is 17. The van der Waals surface area contributed by atoms with Gasteiger partial charge in [0.1, 0.15) is 24.7 Å². The Kier molecular flexibility index (Phi) is 32.8. The van der Waals surface area contributed by atoms with Crippen LogP contribution in [0.4, 0.5) is 0 Å². The van der Waals surface area contributed by atoms with Gasteiger partial charge in [0, 0.05) is 88.3 Å². The Morgan fingerprint density at radius 2 is 0.739 bits per heavy atom. The van der Waals surface area contributed by atoms with Crippen LogP contribution in [0.2, 0.25) is 0 Å². The Labute approximate surface area is 552 Å². The Morgan fingerprint density at radius 1 is 0.364 bits per heavy atom. The molecular formula is C77H94N2O3S6. The van der Waals surface area contributed by atoms with E-state index < -0.39 is 0 Å². The maximum absolute atomic E-state index is 5.46. The molecule has 1 aliphatic rings. The van der Waals surface area contributed by atoms with E-state index in [1.54, 1.807) is 11.3 Å². The van der Waals surface area contributed by atoms with Crippen molar-refractivity contribution in [1.29, 1.82) is 0 Å². The van der Waals surface area contributed by atoms with Crippen molar-refractivity contribution >= 4 is 90.9 Å². The van der Waals surface area contributed by atoms with Gasteiger partial charge >= 0.3 is 0 Å². The van der Waals surface area contributed by atoms with Gasteiger partial charge in [-0.2, -0.15) is 0 Å². The van der Waals surface area contributed by atoms with E-state index in [1.807, 2.05) is 147 Å². The second-order valence-corrected chi connectivity index (χ2v) is 29.1. The second kappa shape index (κ2) is 39.2. The number of furan rings is 1.